The van der Waals surface area contributed by atoms with Gasteiger partial charge in [-0.2, -0.15) is 13.2 Å². The third kappa shape index (κ3) is 6.98. The van der Waals surface area contributed by atoms with Crippen molar-refractivity contribution in [2.24, 2.45) is 0 Å². The van der Waals surface area contributed by atoms with E-state index in [2.05, 4.69) is 11.4 Å². The molecule has 0 fully saturated rings. The van der Waals surface area contributed by atoms with E-state index in [1.165, 1.54) is 12.1 Å². The van der Waals surface area contributed by atoms with Gasteiger partial charge in [0.1, 0.15) is 16.8 Å². The maximum absolute atomic E-state index is 12.7. The minimum absolute atomic E-state index is 0.000394. The molecule has 0 saturated carbocycles. The molecule has 0 saturated heterocycles. The summed E-state index contributed by atoms with van der Waals surface area (Å²) in [7, 11) is 0. The molecule has 0 radical (unpaired) electrons. The van der Waals surface area contributed by atoms with Gasteiger partial charge in [0.15, 0.2) is 0 Å². The molecule has 2 aromatic carbocycles. The largest absolute Gasteiger partial charge is 0.490 e. The number of thioether (sulfide) groups is 1. The summed E-state index contributed by atoms with van der Waals surface area (Å²) in [6.45, 7) is 3.84. The molecule has 0 aliphatic carbocycles. The van der Waals surface area contributed by atoms with E-state index in [0.29, 0.717) is 22.7 Å². The second-order valence-corrected chi connectivity index (χ2v) is 9.30. The van der Waals surface area contributed by atoms with Gasteiger partial charge < -0.3 is 15.2 Å². The summed E-state index contributed by atoms with van der Waals surface area (Å²) < 4.78 is 44.0. The number of benzene rings is 2. The standard InChI is InChI=1S/C24H24F3NO3S2/c1-14-11-20-17(5-8-19(31-20)13-22(29)30)12-21(14)33-10-9-15(2)28-23(32)16-3-6-18(7-4-16)24(25,26)27/h3-4,6-7,9,11-12,19H,5,8,10,13H2,1-2H3,(H,28,32)(H,29,30)/b15-9+. The van der Waals surface area contributed by atoms with Crippen molar-refractivity contribution in [3.63, 3.8) is 0 Å². The number of aliphatic carboxylic acids is 1. The van der Waals surface area contributed by atoms with Gasteiger partial charge in [-0.1, -0.05) is 30.4 Å². The maximum atomic E-state index is 12.7. The van der Waals surface area contributed by atoms with Crippen LogP contribution in [-0.4, -0.2) is 27.9 Å². The van der Waals surface area contributed by atoms with Crippen LogP contribution >= 0.6 is 24.0 Å². The SMILES string of the molecule is C/C(=C\CSc1cc2c(cc1C)OC(CC(=O)O)CC2)NC(=S)c1ccc(C(F)(F)F)cc1. The Hall–Kier alpha value is -2.52. The molecule has 2 aromatic rings. The highest BCUT2D eigenvalue weighted by atomic mass is 32.2. The van der Waals surface area contributed by atoms with Crippen molar-refractivity contribution in [2.75, 3.05) is 5.75 Å². The summed E-state index contributed by atoms with van der Waals surface area (Å²) in [5.41, 5.74) is 2.75. The number of rotatable bonds is 7. The van der Waals surface area contributed by atoms with E-state index in [0.717, 1.165) is 46.0 Å². The van der Waals surface area contributed by atoms with E-state index < -0.39 is 17.7 Å². The molecule has 1 atom stereocenters. The predicted octanol–water partition coefficient (Wildman–Crippen LogP) is 6.14. The number of halogens is 3. The highest BCUT2D eigenvalue weighted by Crippen LogP contribution is 2.35. The van der Waals surface area contributed by atoms with Gasteiger partial charge in [-0.3, -0.25) is 4.79 Å². The Balaban J connectivity index is 1.56. The molecule has 2 N–H and O–H groups in total. The van der Waals surface area contributed by atoms with Gasteiger partial charge in [0.25, 0.3) is 0 Å². The van der Waals surface area contributed by atoms with E-state index in [1.807, 2.05) is 26.0 Å². The van der Waals surface area contributed by atoms with E-state index in [1.54, 1.807) is 11.8 Å². The van der Waals surface area contributed by atoms with Gasteiger partial charge >= 0.3 is 12.1 Å². The summed E-state index contributed by atoms with van der Waals surface area (Å²) in [6, 6.07) is 8.81. The van der Waals surface area contributed by atoms with Gasteiger partial charge in [0.05, 0.1) is 12.0 Å². The van der Waals surface area contributed by atoms with Crippen LogP contribution in [-0.2, 0) is 17.4 Å². The number of nitrogens with one attached hydrogen (secondary N) is 1. The van der Waals surface area contributed by atoms with Crippen LogP contribution in [0.5, 0.6) is 5.75 Å². The number of hydrogen-bond donors (Lipinski definition) is 2. The molecule has 0 bridgehead atoms. The van der Waals surface area contributed by atoms with Crippen LogP contribution in [0.2, 0.25) is 0 Å². The van der Waals surface area contributed by atoms with Crippen LogP contribution in [0.3, 0.4) is 0 Å². The molecule has 1 aliphatic heterocycles. The number of alkyl halides is 3. The summed E-state index contributed by atoms with van der Waals surface area (Å²) in [6.07, 6.45) is -1.24. The van der Waals surface area contributed by atoms with E-state index >= 15 is 0 Å². The fourth-order valence-corrected chi connectivity index (χ4v) is 4.75. The van der Waals surface area contributed by atoms with Crippen molar-refractivity contribution in [2.45, 2.75) is 50.3 Å². The van der Waals surface area contributed by atoms with Crippen LogP contribution in [0, 0.1) is 6.92 Å². The number of thiocarbonyl (C=S) groups is 1. The maximum Gasteiger partial charge on any atom is 0.416 e. The fraction of sp³-hybridized carbons (Fsp3) is 0.333. The highest BCUT2D eigenvalue weighted by Gasteiger charge is 2.30. The first-order valence-electron chi connectivity index (χ1n) is 10.3. The summed E-state index contributed by atoms with van der Waals surface area (Å²) in [5, 5.41) is 12.0. The topological polar surface area (TPSA) is 58.6 Å². The quantitative estimate of drug-likeness (QED) is 0.355. The number of aryl methyl sites for hydroxylation is 2. The van der Waals surface area contributed by atoms with Crippen molar-refractivity contribution in [3.05, 3.63) is 70.4 Å². The van der Waals surface area contributed by atoms with Crippen LogP contribution in [0.1, 0.15) is 42.0 Å². The van der Waals surface area contributed by atoms with E-state index in [-0.39, 0.29) is 12.5 Å². The molecule has 3 rings (SSSR count). The number of fused-ring (bicyclic) bond motifs is 1. The fourth-order valence-electron chi connectivity index (χ4n) is 3.43. The minimum Gasteiger partial charge on any atom is -0.490 e. The molecule has 1 heterocycles. The van der Waals surface area contributed by atoms with Gasteiger partial charge in [-0.15, -0.1) is 11.8 Å². The molecule has 0 spiro atoms. The zero-order valence-electron chi connectivity index (χ0n) is 18.2. The average Bonchev–Trinajstić information content (AvgIpc) is 2.73. The monoisotopic (exact) mass is 495 g/mol. The molecule has 9 heteroatoms. The third-order valence-electron chi connectivity index (χ3n) is 5.20. The smallest absolute Gasteiger partial charge is 0.416 e. The Kier molecular flexibility index (Phi) is 8.07. The zero-order chi connectivity index (χ0) is 24.2. The highest BCUT2D eigenvalue weighted by molar-refractivity contribution is 7.99. The molecule has 0 aromatic heterocycles. The summed E-state index contributed by atoms with van der Waals surface area (Å²) >= 11 is 6.96. The Labute approximate surface area is 200 Å². The summed E-state index contributed by atoms with van der Waals surface area (Å²) in [4.78, 5) is 12.4. The molecule has 4 nitrogen and oxygen atoms in total. The third-order valence-corrected chi connectivity index (χ3v) is 6.63. The van der Waals surface area contributed by atoms with Crippen molar-refractivity contribution in [1.29, 1.82) is 0 Å². The number of ether oxygens (including phenoxy) is 1. The molecule has 0 amide bonds. The Bertz CT molecular complexity index is 1070. The molecule has 176 valence electrons. The minimum atomic E-state index is -4.37. The first kappa shape index (κ1) is 25.1. The second kappa shape index (κ2) is 10.6. The second-order valence-electron chi connectivity index (χ2n) is 7.83. The lowest BCUT2D eigenvalue weighted by atomic mass is 9.99. The van der Waals surface area contributed by atoms with Gasteiger partial charge in [-0.05, 0) is 62.1 Å². The van der Waals surface area contributed by atoms with Crippen LogP contribution in [0.4, 0.5) is 13.2 Å². The first-order chi connectivity index (χ1) is 15.5. The molecular weight excluding hydrogens is 471 g/mol. The van der Waals surface area contributed by atoms with Crippen molar-refractivity contribution < 1.29 is 27.8 Å². The zero-order valence-corrected chi connectivity index (χ0v) is 19.8. The lowest BCUT2D eigenvalue weighted by molar-refractivity contribution is -0.139. The van der Waals surface area contributed by atoms with Crippen LogP contribution < -0.4 is 10.1 Å². The Morgan fingerprint density at radius 3 is 2.64 bits per heavy atom. The number of carboxylic acid groups (broad SMARTS) is 1. The molecular formula is C24H24F3NO3S2. The Morgan fingerprint density at radius 2 is 2.00 bits per heavy atom. The first-order valence-corrected chi connectivity index (χ1v) is 11.7. The number of hydrogen-bond acceptors (Lipinski definition) is 4. The lowest BCUT2D eigenvalue weighted by Crippen LogP contribution is -2.25. The van der Waals surface area contributed by atoms with Crippen LogP contribution in [0.25, 0.3) is 0 Å². The number of allylic oxidation sites excluding steroid dienone is 1. The summed E-state index contributed by atoms with van der Waals surface area (Å²) in [5.74, 6) is 0.571. The average molecular weight is 496 g/mol. The lowest BCUT2D eigenvalue weighted by Gasteiger charge is -2.26. The Morgan fingerprint density at radius 1 is 1.30 bits per heavy atom. The molecule has 1 unspecified atom stereocenters. The van der Waals surface area contributed by atoms with Crippen molar-refractivity contribution in [3.8, 4) is 5.75 Å². The normalized spacial score (nSPS) is 16.0. The van der Waals surface area contributed by atoms with E-state index in [4.69, 9.17) is 22.1 Å². The predicted molar refractivity (Wildman–Crippen MR) is 127 cm³/mol. The molecule has 33 heavy (non-hydrogen) atoms. The number of carboxylic acids is 1. The number of carbonyl (C=O) groups is 1. The van der Waals surface area contributed by atoms with Crippen molar-refractivity contribution in [1.82, 2.24) is 5.32 Å². The van der Waals surface area contributed by atoms with Crippen molar-refractivity contribution >= 4 is 34.9 Å². The van der Waals surface area contributed by atoms with Crippen LogP contribution in [0.15, 0.2) is 53.1 Å². The van der Waals surface area contributed by atoms with Gasteiger partial charge in [0, 0.05) is 21.9 Å². The van der Waals surface area contributed by atoms with E-state index in [9.17, 15) is 18.0 Å². The van der Waals surface area contributed by atoms with Gasteiger partial charge in [0.2, 0.25) is 0 Å². The molecule has 1 aliphatic rings. The van der Waals surface area contributed by atoms with Gasteiger partial charge in [-0.25, -0.2) is 0 Å².